The van der Waals surface area contributed by atoms with E-state index in [0.29, 0.717) is 17.5 Å². The number of amides is 1. The van der Waals surface area contributed by atoms with Gasteiger partial charge in [-0.05, 0) is 38.8 Å². The first kappa shape index (κ1) is 18.6. The first-order valence-corrected chi connectivity index (χ1v) is 9.95. The van der Waals surface area contributed by atoms with Crippen LogP contribution in [0.25, 0.3) is 0 Å². The van der Waals surface area contributed by atoms with Crippen molar-refractivity contribution in [3.63, 3.8) is 0 Å². The van der Waals surface area contributed by atoms with E-state index >= 15 is 0 Å². The van der Waals surface area contributed by atoms with Crippen LogP contribution in [0.2, 0.25) is 0 Å². The van der Waals surface area contributed by atoms with Gasteiger partial charge in [0, 0.05) is 11.1 Å². The summed E-state index contributed by atoms with van der Waals surface area (Å²) < 4.78 is 5.64. The van der Waals surface area contributed by atoms with Crippen molar-refractivity contribution >= 4 is 34.7 Å². The lowest BCUT2D eigenvalue weighted by Gasteiger charge is -2.14. The Balaban J connectivity index is 1.61. The van der Waals surface area contributed by atoms with Crippen LogP contribution < -0.4 is 5.32 Å². The van der Waals surface area contributed by atoms with Gasteiger partial charge in [-0.25, -0.2) is 4.98 Å². The molecule has 8 heteroatoms. The molecule has 0 fully saturated rings. The van der Waals surface area contributed by atoms with E-state index in [-0.39, 0.29) is 11.2 Å². The number of anilines is 1. The number of para-hydroxylation sites is 1. The Morgan fingerprint density at radius 2 is 2.00 bits per heavy atom. The summed E-state index contributed by atoms with van der Waals surface area (Å²) in [6.45, 7) is 7.73. The zero-order valence-electron chi connectivity index (χ0n) is 15.1. The van der Waals surface area contributed by atoms with Gasteiger partial charge in [0.15, 0.2) is 0 Å². The number of thiazole rings is 1. The normalized spacial score (nSPS) is 12.2. The van der Waals surface area contributed by atoms with Crippen LogP contribution in [0.3, 0.4) is 0 Å². The van der Waals surface area contributed by atoms with E-state index in [1.807, 2.05) is 51.3 Å². The van der Waals surface area contributed by atoms with E-state index in [1.54, 1.807) is 11.3 Å². The fourth-order valence-corrected chi connectivity index (χ4v) is 3.76. The highest BCUT2D eigenvalue weighted by molar-refractivity contribution is 8.00. The highest BCUT2D eigenvalue weighted by Gasteiger charge is 2.20. The molecule has 0 spiro atoms. The van der Waals surface area contributed by atoms with Crippen LogP contribution in [0.4, 0.5) is 5.69 Å². The van der Waals surface area contributed by atoms with Crippen LogP contribution in [0, 0.1) is 20.8 Å². The van der Waals surface area contributed by atoms with Crippen LogP contribution in [0.5, 0.6) is 0 Å². The van der Waals surface area contributed by atoms with Gasteiger partial charge in [-0.1, -0.05) is 30.0 Å². The average molecular weight is 389 g/mol. The molecule has 1 N–H and O–H groups in total. The molecular formula is C18H20N4O2S2. The predicted molar refractivity (Wildman–Crippen MR) is 104 cm³/mol. The lowest BCUT2D eigenvalue weighted by molar-refractivity contribution is -0.115. The molecule has 6 nitrogen and oxygen atoms in total. The largest absolute Gasteiger partial charge is 0.416 e. The summed E-state index contributed by atoms with van der Waals surface area (Å²) in [5.41, 5.74) is 3.84. The topological polar surface area (TPSA) is 80.9 Å². The number of aromatic nitrogens is 3. The van der Waals surface area contributed by atoms with E-state index in [0.717, 1.165) is 27.5 Å². The molecule has 0 aliphatic heterocycles. The number of benzene rings is 1. The van der Waals surface area contributed by atoms with E-state index in [2.05, 4.69) is 20.5 Å². The summed E-state index contributed by atoms with van der Waals surface area (Å²) in [5, 5.41) is 14.1. The van der Waals surface area contributed by atoms with Crippen molar-refractivity contribution in [2.75, 3.05) is 5.32 Å². The molecule has 1 atom stereocenters. The Labute approximate surface area is 160 Å². The lowest BCUT2D eigenvalue weighted by atomic mass is 10.1. The standard InChI is InChI=1S/C18H20N4O2S2/c1-10-6-5-7-11(2)16(10)20-17(23)12(3)26-18-22-21-15(24-18)8-14-9-25-13(4)19-14/h5-7,9,12H,8H2,1-4H3,(H,20,23)/t12-/m0/s1. The molecule has 0 aliphatic carbocycles. The van der Waals surface area contributed by atoms with E-state index < -0.39 is 0 Å². The Kier molecular flexibility index (Phi) is 5.73. The molecule has 0 unspecified atom stereocenters. The second kappa shape index (κ2) is 8.01. The predicted octanol–water partition coefficient (Wildman–Crippen LogP) is 4.16. The van der Waals surface area contributed by atoms with Crippen LogP contribution >= 0.6 is 23.1 Å². The van der Waals surface area contributed by atoms with Gasteiger partial charge >= 0.3 is 0 Å². The molecule has 1 aromatic carbocycles. The monoisotopic (exact) mass is 388 g/mol. The molecule has 2 heterocycles. The van der Waals surface area contributed by atoms with E-state index in [1.165, 1.54) is 11.8 Å². The number of thioether (sulfide) groups is 1. The number of hydrogen-bond acceptors (Lipinski definition) is 7. The van der Waals surface area contributed by atoms with Crippen molar-refractivity contribution in [1.29, 1.82) is 0 Å². The molecule has 136 valence electrons. The van der Waals surface area contributed by atoms with Gasteiger partial charge in [0.2, 0.25) is 11.8 Å². The third kappa shape index (κ3) is 4.50. The summed E-state index contributed by atoms with van der Waals surface area (Å²) in [7, 11) is 0. The second-order valence-electron chi connectivity index (χ2n) is 6.01. The van der Waals surface area contributed by atoms with Gasteiger partial charge < -0.3 is 9.73 Å². The Bertz CT molecular complexity index is 899. The van der Waals surface area contributed by atoms with E-state index in [4.69, 9.17) is 4.42 Å². The van der Waals surface area contributed by atoms with Crippen molar-refractivity contribution in [2.24, 2.45) is 0 Å². The molecule has 0 radical (unpaired) electrons. The number of rotatable bonds is 6. The zero-order chi connectivity index (χ0) is 18.7. The van der Waals surface area contributed by atoms with E-state index in [9.17, 15) is 4.79 Å². The molecule has 3 rings (SSSR count). The molecular weight excluding hydrogens is 368 g/mol. The van der Waals surface area contributed by atoms with Crippen LogP contribution in [-0.2, 0) is 11.2 Å². The Morgan fingerprint density at radius 3 is 2.65 bits per heavy atom. The van der Waals surface area contributed by atoms with Gasteiger partial charge in [-0.3, -0.25) is 4.79 Å². The fraction of sp³-hybridized carbons (Fsp3) is 0.333. The van der Waals surface area contributed by atoms with Crippen molar-refractivity contribution in [2.45, 2.75) is 44.6 Å². The summed E-state index contributed by atoms with van der Waals surface area (Å²) in [4.78, 5) is 16.9. The molecule has 0 saturated heterocycles. The van der Waals surface area contributed by atoms with Crippen LogP contribution in [0.1, 0.15) is 34.6 Å². The number of carbonyl (C=O) groups is 1. The van der Waals surface area contributed by atoms with Gasteiger partial charge in [0.05, 0.1) is 22.4 Å². The van der Waals surface area contributed by atoms with Gasteiger partial charge in [0.25, 0.3) is 5.22 Å². The summed E-state index contributed by atoms with van der Waals surface area (Å²) in [5.74, 6) is 0.405. The Morgan fingerprint density at radius 1 is 1.27 bits per heavy atom. The average Bonchev–Trinajstić information content (AvgIpc) is 3.20. The van der Waals surface area contributed by atoms with Gasteiger partial charge in [0.1, 0.15) is 0 Å². The molecule has 0 bridgehead atoms. The molecule has 0 saturated carbocycles. The molecule has 1 amide bonds. The lowest BCUT2D eigenvalue weighted by Crippen LogP contribution is -2.23. The van der Waals surface area contributed by atoms with Crippen LogP contribution in [-0.4, -0.2) is 26.3 Å². The summed E-state index contributed by atoms with van der Waals surface area (Å²) in [6.07, 6.45) is 0.501. The quantitative estimate of drug-likeness (QED) is 0.639. The maximum absolute atomic E-state index is 12.5. The minimum atomic E-state index is -0.358. The number of hydrogen-bond donors (Lipinski definition) is 1. The first-order chi connectivity index (χ1) is 12.4. The maximum Gasteiger partial charge on any atom is 0.277 e. The van der Waals surface area contributed by atoms with Crippen molar-refractivity contribution in [3.8, 4) is 0 Å². The molecule has 2 aromatic heterocycles. The number of carbonyl (C=O) groups excluding carboxylic acids is 1. The van der Waals surface area contributed by atoms with Crippen molar-refractivity contribution in [3.05, 3.63) is 51.3 Å². The molecule has 26 heavy (non-hydrogen) atoms. The molecule has 3 aromatic rings. The minimum Gasteiger partial charge on any atom is -0.416 e. The Hall–Kier alpha value is -2.19. The first-order valence-electron chi connectivity index (χ1n) is 8.19. The number of aryl methyl sites for hydroxylation is 3. The number of nitrogens with one attached hydrogen (secondary N) is 1. The van der Waals surface area contributed by atoms with Crippen LogP contribution in [0.15, 0.2) is 33.2 Å². The summed E-state index contributed by atoms with van der Waals surface area (Å²) in [6, 6.07) is 5.93. The van der Waals surface area contributed by atoms with Crippen molar-refractivity contribution < 1.29 is 9.21 Å². The third-order valence-corrected chi connectivity index (χ3v) is 5.58. The highest BCUT2D eigenvalue weighted by Crippen LogP contribution is 2.25. The smallest absolute Gasteiger partial charge is 0.277 e. The number of nitrogens with zero attached hydrogens (tertiary/aromatic N) is 3. The van der Waals surface area contributed by atoms with Gasteiger partial charge in [-0.15, -0.1) is 21.5 Å². The second-order valence-corrected chi connectivity index (χ2v) is 8.37. The molecule has 0 aliphatic rings. The third-order valence-electron chi connectivity index (χ3n) is 3.82. The van der Waals surface area contributed by atoms with Crippen molar-refractivity contribution in [1.82, 2.24) is 15.2 Å². The summed E-state index contributed by atoms with van der Waals surface area (Å²) >= 11 is 2.84. The highest BCUT2D eigenvalue weighted by atomic mass is 32.2. The fourth-order valence-electron chi connectivity index (χ4n) is 2.44. The maximum atomic E-state index is 12.5. The zero-order valence-corrected chi connectivity index (χ0v) is 16.7. The minimum absolute atomic E-state index is 0.0951. The SMILES string of the molecule is Cc1nc(Cc2nnc(S[C@@H](C)C(=O)Nc3c(C)cccc3C)o2)cs1. The van der Waals surface area contributed by atoms with Gasteiger partial charge in [-0.2, -0.15) is 0 Å².